The van der Waals surface area contributed by atoms with Crippen LogP contribution in [0.25, 0.3) is 50.4 Å². The van der Waals surface area contributed by atoms with Gasteiger partial charge in [0.05, 0.1) is 16.9 Å². The van der Waals surface area contributed by atoms with E-state index in [1.165, 1.54) is 27.9 Å². The Morgan fingerprint density at radius 1 is 0.696 bits per heavy atom. The first-order valence-corrected chi connectivity index (χ1v) is 16.5. The number of benzene rings is 4. The second kappa shape index (κ2) is 10.7. The highest BCUT2D eigenvalue weighted by molar-refractivity contribution is 5.93. The third kappa shape index (κ3) is 4.41. The van der Waals surface area contributed by atoms with Crippen LogP contribution in [0.3, 0.4) is 0 Å². The number of phenolic OH excluding ortho intramolecular Hbond substituents is 1. The maximum atomic E-state index is 11.3. The van der Waals surface area contributed by atoms with Crippen molar-refractivity contribution >= 4 is 10.9 Å². The monoisotopic (exact) mass is 605 g/mol. The summed E-state index contributed by atoms with van der Waals surface area (Å²) in [7, 11) is 0. The predicted molar refractivity (Wildman–Crippen MR) is 191 cm³/mol. The summed E-state index contributed by atoms with van der Waals surface area (Å²) < 4.78 is 2.31. The van der Waals surface area contributed by atoms with Gasteiger partial charge < -0.3 is 5.11 Å². The summed E-state index contributed by atoms with van der Waals surface area (Å²) >= 11 is 0. The molecule has 6 aromatic rings. The van der Waals surface area contributed by atoms with Crippen molar-refractivity contribution in [2.24, 2.45) is 0 Å². The highest BCUT2D eigenvalue weighted by atomic mass is 16.3. The lowest BCUT2D eigenvalue weighted by Gasteiger charge is -2.48. The Morgan fingerprint density at radius 3 is 2.07 bits per heavy atom. The van der Waals surface area contributed by atoms with Crippen LogP contribution < -0.4 is 0 Å². The highest BCUT2D eigenvalue weighted by Crippen LogP contribution is 2.56. The van der Waals surface area contributed by atoms with E-state index in [4.69, 9.17) is 9.97 Å². The molecule has 2 heterocycles. The number of para-hydroxylation sites is 2. The Kier molecular flexibility index (Phi) is 6.97. The van der Waals surface area contributed by atoms with Crippen molar-refractivity contribution in [1.82, 2.24) is 14.5 Å². The lowest BCUT2D eigenvalue weighted by Crippen LogP contribution is -2.43. The molecule has 0 atom stereocenters. The zero-order valence-corrected chi connectivity index (χ0v) is 28.2. The molecule has 232 valence electrons. The van der Waals surface area contributed by atoms with Gasteiger partial charge in [-0.3, -0.25) is 9.55 Å². The summed E-state index contributed by atoms with van der Waals surface area (Å²) in [6.07, 6.45) is 4.05. The first-order valence-electron chi connectivity index (χ1n) is 16.5. The van der Waals surface area contributed by atoms with E-state index in [1.54, 1.807) is 0 Å². The Labute approximate surface area is 272 Å². The lowest BCUT2D eigenvalue weighted by molar-refractivity contribution is 0.297. The number of hydrogen-bond donors (Lipinski definition) is 1. The van der Waals surface area contributed by atoms with E-state index in [9.17, 15) is 5.11 Å². The van der Waals surface area contributed by atoms with E-state index < -0.39 is 0 Å². The summed E-state index contributed by atoms with van der Waals surface area (Å²) in [4.78, 5) is 10.2. The van der Waals surface area contributed by atoms with E-state index in [-0.39, 0.29) is 10.8 Å². The molecule has 0 aliphatic heterocycles. The Hall–Kier alpha value is -4.70. The van der Waals surface area contributed by atoms with Crippen LogP contribution in [-0.4, -0.2) is 19.6 Å². The molecule has 0 amide bonds. The summed E-state index contributed by atoms with van der Waals surface area (Å²) in [6.45, 7) is 18.3. The largest absolute Gasteiger partial charge is 0.507 e. The summed E-state index contributed by atoms with van der Waals surface area (Å²) in [5.41, 5.74) is 11.7. The van der Waals surface area contributed by atoms with E-state index in [0.717, 1.165) is 44.7 Å². The van der Waals surface area contributed by atoms with Crippen molar-refractivity contribution in [3.05, 3.63) is 120 Å². The number of aromatic nitrogens is 3. The molecule has 0 fully saturated rings. The zero-order valence-electron chi connectivity index (χ0n) is 28.2. The van der Waals surface area contributed by atoms with Crippen molar-refractivity contribution < 1.29 is 5.11 Å². The Morgan fingerprint density at radius 2 is 1.35 bits per heavy atom. The normalized spacial score (nSPS) is 14.9. The molecule has 4 nitrogen and oxygen atoms in total. The van der Waals surface area contributed by atoms with Crippen molar-refractivity contribution in [1.29, 1.82) is 0 Å². The minimum Gasteiger partial charge on any atom is -0.507 e. The Balaban J connectivity index is 1.55. The minimum absolute atomic E-state index is 0.161. The van der Waals surface area contributed by atoms with Crippen LogP contribution in [0.1, 0.15) is 89.5 Å². The van der Waals surface area contributed by atoms with Gasteiger partial charge in [0.2, 0.25) is 0 Å². The quantitative estimate of drug-likeness (QED) is 0.213. The zero-order chi connectivity index (χ0) is 32.5. The molecule has 1 aliphatic carbocycles. The summed E-state index contributed by atoms with van der Waals surface area (Å²) in [5.74, 6) is 1.84. The van der Waals surface area contributed by atoms with Crippen LogP contribution in [0.5, 0.6) is 5.75 Å². The average Bonchev–Trinajstić information content (AvgIpc) is 3.48. The molecule has 0 unspecified atom stereocenters. The maximum Gasteiger partial charge on any atom is 0.145 e. The SMILES string of the molecule is CC(C)c1cccc(C(C)C)c1-n1cc(-c2cccc3cccnc23)nc1-c1ccc2c(c1)-c1c(O)cccc1C(C)(C)C2(C)C. The maximum absolute atomic E-state index is 11.3. The molecule has 0 saturated carbocycles. The minimum atomic E-state index is -0.176. The number of nitrogens with zero attached hydrogens (tertiary/aromatic N) is 3. The van der Waals surface area contributed by atoms with Crippen LogP contribution in [0.4, 0.5) is 0 Å². The van der Waals surface area contributed by atoms with Gasteiger partial charge in [-0.15, -0.1) is 0 Å². The van der Waals surface area contributed by atoms with Gasteiger partial charge in [-0.2, -0.15) is 0 Å². The van der Waals surface area contributed by atoms with Crippen LogP contribution in [0.15, 0.2) is 97.3 Å². The molecule has 7 rings (SSSR count). The molecule has 0 saturated heterocycles. The number of hydrogen-bond acceptors (Lipinski definition) is 3. The van der Waals surface area contributed by atoms with Gasteiger partial charge >= 0.3 is 0 Å². The highest BCUT2D eigenvalue weighted by Gasteiger charge is 2.46. The number of rotatable bonds is 5. The molecule has 4 heteroatoms. The second-order valence-electron chi connectivity index (χ2n) is 14.5. The van der Waals surface area contributed by atoms with Crippen molar-refractivity contribution in [3.8, 4) is 45.2 Å². The molecular weight excluding hydrogens is 562 g/mol. The van der Waals surface area contributed by atoms with Gasteiger partial charge in [-0.1, -0.05) is 122 Å². The number of fused-ring (bicyclic) bond motifs is 4. The van der Waals surface area contributed by atoms with Gasteiger partial charge in [0, 0.05) is 34.5 Å². The standard InChI is InChI=1S/C42H43N3O/c1-25(2)29-15-10-16-30(26(3)4)39(29)45-24-35(31-17-9-13-27-14-12-22-43-38(27)31)44-40(45)28-20-21-33-32(23-28)37-34(18-11-19-36(37)46)42(7,8)41(33,5)6/h9-26,46H,1-8H3. The molecule has 2 aromatic heterocycles. The molecule has 1 N–H and O–H groups in total. The lowest BCUT2D eigenvalue weighted by atomic mass is 9.55. The van der Waals surface area contributed by atoms with Crippen molar-refractivity contribution in [2.45, 2.75) is 78.1 Å². The number of aromatic hydroxyl groups is 1. The van der Waals surface area contributed by atoms with E-state index in [0.29, 0.717) is 17.6 Å². The first-order chi connectivity index (χ1) is 21.9. The van der Waals surface area contributed by atoms with E-state index in [1.807, 2.05) is 24.4 Å². The smallest absolute Gasteiger partial charge is 0.145 e. The molecular formula is C42H43N3O. The van der Waals surface area contributed by atoms with E-state index in [2.05, 4.69) is 133 Å². The molecule has 1 aliphatic rings. The third-order valence-corrected chi connectivity index (χ3v) is 10.7. The van der Waals surface area contributed by atoms with Gasteiger partial charge in [-0.25, -0.2) is 4.98 Å². The van der Waals surface area contributed by atoms with Crippen LogP contribution in [-0.2, 0) is 10.8 Å². The van der Waals surface area contributed by atoms with Gasteiger partial charge in [0.25, 0.3) is 0 Å². The van der Waals surface area contributed by atoms with Crippen molar-refractivity contribution in [3.63, 3.8) is 0 Å². The molecule has 0 bridgehead atoms. The van der Waals surface area contributed by atoms with Gasteiger partial charge in [0.1, 0.15) is 11.6 Å². The molecule has 4 aromatic carbocycles. The number of pyridine rings is 1. The summed E-state index contributed by atoms with van der Waals surface area (Å²) in [6, 6.07) is 29.8. The second-order valence-corrected chi connectivity index (χ2v) is 14.5. The van der Waals surface area contributed by atoms with Crippen LogP contribution in [0.2, 0.25) is 0 Å². The third-order valence-electron chi connectivity index (χ3n) is 10.7. The number of imidazole rings is 1. The Bertz CT molecular complexity index is 2100. The van der Waals surface area contributed by atoms with E-state index >= 15 is 0 Å². The van der Waals surface area contributed by atoms with Gasteiger partial charge in [0.15, 0.2) is 0 Å². The molecule has 46 heavy (non-hydrogen) atoms. The fourth-order valence-corrected chi connectivity index (χ4v) is 7.44. The van der Waals surface area contributed by atoms with Crippen LogP contribution in [0, 0.1) is 0 Å². The topological polar surface area (TPSA) is 50.9 Å². The van der Waals surface area contributed by atoms with Gasteiger partial charge in [-0.05, 0) is 68.7 Å². The molecule has 0 radical (unpaired) electrons. The predicted octanol–water partition coefficient (Wildman–Crippen LogP) is 10.9. The first kappa shape index (κ1) is 30.0. The van der Waals surface area contributed by atoms with Crippen molar-refractivity contribution in [2.75, 3.05) is 0 Å². The fourth-order valence-electron chi connectivity index (χ4n) is 7.44. The average molecular weight is 606 g/mol. The molecule has 0 spiro atoms. The number of phenols is 1. The fraction of sp³-hybridized carbons (Fsp3) is 0.286. The summed E-state index contributed by atoms with van der Waals surface area (Å²) in [5, 5.41) is 12.4. The van der Waals surface area contributed by atoms with Crippen LogP contribution >= 0.6 is 0 Å².